The quantitative estimate of drug-likeness (QED) is 0.522. The Morgan fingerprint density at radius 2 is 1.56 bits per heavy atom. The van der Waals surface area contributed by atoms with Gasteiger partial charge in [-0.25, -0.2) is 8.42 Å². The number of rotatable bonds is 11. The van der Waals surface area contributed by atoms with Gasteiger partial charge in [0.2, 0.25) is 21.8 Å². The van der Waals surface area contributed by atoms with Crippen LogP contribution in [0.25, 0.3) is 0 Å². The Morgan fingerprint density at radius 3 is 2.06 bits per heavy atom. The molecule has 34 heavy (non-hydrogen) atoms. The molecule has 0 radical (unpaired) electrons. The Balaban J connectivity index is 2.44. The third kappa shape index (κ3) is 7.58. The second-order valence-corrected chi connectivity index (χ2v) is 10.8. The summed E-state index contributed by atoms with van der Waals surface area (Å²) in [6.45, 7) is 9.33. The van der Waals surface area contributed by atoms with Crippen LogP contribution in [0.1, 0.15) is 50.3 Å². The highest BCUT2D eigenvalue weighted by atomic mass is 32.2. The summed E-state index contributed by atoms with van der Waals surface area (Å²) in [5.41, 5.74) is 3.10. The number of carbonyl (C=O) groups is 2. The molecule has 8 heteroatoms. The average molecular weight is 488 g/mol. The Hall–Kier alpha value is -2.87. The van der Waals surface area contributed by atoms with Gasteiger partial charge in [0.15, 0.2) is 0 Å². The Morgan fingerprint density at radius 1 is 0.971 bits per heavy atom. The van der Waals surface area contributed by atoms with E-state index in [0.717, 1.165) is 33.7 Å². The summed E-state index contributed by atoms with van der Waals surface area (Å²) in [7, 11) is -3.74. The molecule has 2 aromatic carbocycles. The van der Waals surface area contributed by atoms with Crippen molar-refractivity contribution in [2.24, 2.45) is 0 Å². The van der Waals surface area contributed by atoms with E-state index < -0.39 is 22.0 Å². The van der Waals surface area contributed by atoms with Gasteiger partial charge in [-0.1, -0.05) is 50.2 Å². The van der Waals surface area contributed by atoms with Gasteiger partial charge in [0.25, 0.3) is 0 Å². The zero-order valence-electron chi connectivity index (χ0n) is 21.0. The Bertz CT molecular complexity index is 1070. The number of benzene rings is 2. The number of nitrogens with zero attached hydrogens (tertiary/aromatic N) is 2. The first-order valence-corrected chi connectivity index (χ1v) is 13.5. The van der Waals surface area contributed by atoms with Crippen molar-refractivity contribution in [3.8, 4) is 0 Å². The number of amides is 2. The van der Waals surface area contributed by atoms with Gasteiger partial charge in [-0.2, -0.15) is 0 Å². The summed E-state index contributed by atoms with van der Waals surface area (Å²) >= 11 is 0. The predicted octanol–water partition coefficient (Wildman–Crippen LogP) is 3.79. The van der Waals surface area contributed by atoms with Gasteiger partial charge in [-0.05, 0) is 62.4 Å². The minimum absolute atomic E-state index is 0.0296. The van der Waals surface area contributed by atoms with Crippen molar-refractivity contribution in [2.45, 2.75) is 66.1 Å². The second kappa shape index (κ2) is 12.0. The number of anilines is 1. The zero-order chi connectivity index (χ0) is 25.5. The number of hydrogen-bond donors (Lipinski definition) is 1. The van der Waals surface area contributed by atoms with E-state index >= 15 is 0 Å². The molecule has 1 N–H and O–H groups in total. The molecule has 7 nitrogen and oxygen atoms in total. The normalized spacial score (nSPS) is 13.1. The van der Waals surface area contributed by atoms with E-state index in [4.69, 9.17) is 0 Å². The third-order valence-corrected chi connectivity index (χ3v) is 6.90. The lowest BCUT2D eigenvalue weighted by atomic mass is 10.1. The van der Waals surface area contributed by atoms with Crippen LogP contribution in [0.4, 0.5) is 5.69 Å². The third-order valence-electron chi connectivity index (χ3n) is 5.76. The van der Waals surface area contributed by atoms with Gasteiger partial charge in [0.05, 0.1) is 11.9 Å². The van der Waals surface area contributed by atoms with E-state index in [2.05, 4.69) is 5.32 Å². The van der Waals surface area contributed by atoms with Crippen molar-refractivity contribution in [1.82, 2.24) is 10.2 Å². The minimum Gasteiger partial charge on any atom is -0.352 e. The molecule has 2 rings (SSSR count). The van der Waals surface area contributed by atoms with E-state index in [1.54, 1.807) is 12.1 Å². The fourth-order valence-electron chi connectivity index (χ4n) is 3.85. The van der Waals surface area contributed by atoms with Crippen molar-refractivity contribution in [3.63, 3.8) is 0 Å². The summed E-state index contributed by atoms with van der Waals surface area (Å²) in [5.74, 6) is -0.668. The number of carbonyl (C=O) groups excluding carboxylic acids is 2. The molecule has 0 fully saturated rings. The molecule has 0 bridgehead atoms. The van der Waals surface area contributed by atoms with Crippen LogP contribution in [0.3, 0.4) is 0 Å². The van der Waals surface area contributed by atoms with Gasteiger partial charge in [0.1, 0.15) is 12.6 Å². The minimum atomic E-state index is -3.74. The lowest BCUT2D eigenvalue weighted by Crippen LogP contribution is -2.53. The SMILES string of the molecule is CC[C@@H](C)NC(=O)[C@H](CC)N(Cc1ccccc1)C(=O)CN(c1cc(C)cc(C)c1)S(C)(=O)=O. The van der Waals surface area contributed by atoms with Crippen LogP contribution in [-0.4, -0.2) is 50.0 Å². The van der Waals surface area contributed by atoms with Crippen molar-refractivity contribution >= 4 is 27.5 Å². The standard InChI is InChI=1S/C26H37N3O4S/c1-7-21(5)27-26(31)24(8-2)28(17-22-12-10-9-11-13-22)25(30)18-29(34(6,32)33)23-15-19(3)14-20(4)16-23/h9-16,21,24H,7-8,17-18H2,1-6H3,(H,27,31)/t21-,24+/m1/s1. The average Bonchev–Trinajstić information content (AvgIpc) is 2.76. The smallest absolute Gasteiger partial charge is 0.244 e. The van der Waals surface area contributed by atoms with Gasteiger partial charge < -0.3 is 10.2 Å². The first-order chi connectivity index (χ1) is 16.0. The van der Waals surface area contributed by atoms with Gasteiger partial charge in [-0.3, -0.25) is 13.9 Å². The maximum atomic E-state index is 13.6. The summed E-state index contributed by atoms with van der Waals surface area (Å²) in [6, 6.07) is 14.1. The molecule has 2 atom stereocenters. The molecule has 2 amide bonds. The number of nitrogens with one attached hydrogen (secondary N) is 1. The highest BCUT2D eigenvalue weighted by Gasteiger charge is 2.32. The van der Waals surface area contributed by atoms with Gasteiger partial charge >= 0.3 is 0 Å². The second-order valence-electron chi connectivity index (χ2n) is 8.86. The van der Waals surface area contributed by atoms with Crippen molar-refractivity contribution in [3.05, 3.63) is 65.2 Å². The van der Waals surface area contributed by atoms with E-state index in [9.17, 15) is 18.0 Å². The predicted molar refractivity (Wildman–Crippen MR) is 137 cm³/mol. The van der Waals surface area contributed by atoms with E-state index in [1.165, 1.54) is 4.90 Å². The van der Waals surface area contributed by atoms with E-state index in [1.807, 2.05) is 71.0 Å². The summed E-state index contributed by atoms with van der Waals surface area (Å²) in [5, 5.41) is 2.97. The number of hydrogen-bond acceptors (Lipinski definition) is 4. The molecule has 0 aromatic heterocycles. The largest absolute Gasteiger partial charge is 0.352 e. The fraction of sp³-hybridized carbons (Fsp3) is 0.462. The van der Waals surface area contributed by atoms with Crippen molar-refractivity contribution in [1.29, 1.82) is 0 Å². The zero-order valence-corrected chi connectivity index (χ0v) is 21.9. The van der Waals surface area contributed by atoms with Crippen LogP contribution >= 0.6 is 0 Å². The molecule has 0 aliphatic rings. The molecule has 0 saturated carbocycles. The first kappa shape index (κ1) is 27.4. The molecule has 0 heterocycles. The maximum absolute atomic E-state index is 13.6. The van der Waals surface area contributed by atoms with E-state index in [0.29, 0.717) is 12.1 Å². The first-order valence-electron chi connectivity index (χ1n) is 11.7. The summed E-state index contributed by atoms with van der Waals surface area (Å²) in [4.78, 5) is 28.2. The number of aryl methyl sites for hydroxylation is 2. The monoisotopic (exact) mass is 487 g/mol. The lowest BCUT2D eigenvalue weighted by molar-refractivity contribution is -0.140. The molecular formula is C26H37N3O4S. The molecule has 0 saturated heterocycles. The summed E-state index contributed by atoms with van der Waals surface area (Å²) in [6.07, 6.45) is 2.26. The Kier molecular flexibility index (Phi) is 9.67. The van der Waals surface area contributed by atoms with E-state index in [-0.39, 0.29) is 25.0 Å². The highest BCUT2D eigenvalue weighted by molar-refractivity contribution is 7.92. The van der Waals surface area contributed by atoms with Crippen LogP contribution in [-0.2, 0) is 26.2 Å². The molecule has 2 aromatic rings. The molecule has 0 aliphatic heterocycles. The summed E-state index contributed by atoms with van der Waals surface area (Å²) < 4.78 is 26.5. The van der Waals surface area contributed by atoms with Crippen molar-refractivity contribution in [2.75, 3.05) is 17.1 Å². The van der Waals surface area contributed by atoms with Crippen molar-refractivity contribution < 1.29 is 18.0 Å². The topological polar surface area (TPSA) is 86.8 Å². The fourth-order valence-corrected chi connectivity index (χ4v) is 4.68. The number of sulfonamides is 1. The molecule has 186 valence electrons. The van der Waals surface area contributed by atoms with Crippen LogP contribution in [0.2, 0.25) is 0 Å². The molecular weight excluding hydrogens is 450 g/mol. The van der Waals surface area contributed by atoms with Crippen LogP contribution < -0.4 is 9.62 Å². The van der Waals surface area contributed by atoms with Gasteiger partial charge in [0, 0.05) is 12.6 Å². The van der Waals surface area contributed by atoms with Crippen LogP contribution in [0.5, 0.6) is 0 Å². The molecule has 0 aliphatic carbocycles. The van der Waals surface area contributed by atoms with Crippen LogP contribution in [0, 0.1) is 13.8 Å². The Labute approximate surface area is 204 Å². The van der Waals surface area contributed by atoms with Gasteiger partial charge in [-0.15, -0.1) is 0 Å². The highest BCUT2D eigenvalue weighted by Crippen LogP contribution is 2.22. The molecule has 0 unspecified atom stereocenters. The van der Waals surface area contributed by atoms with Crippen LogP contribution in [0.15, 0.2) is 48.5 Å². The molecule has 0 spiro atoms. The lowest BCUT2D eigenvalue weighted by Gasteiger charge is -2.33. The maximum Gasteiger partial charge on any atom is 0.244 e.